The topological polar surface area (TPSA) is 43.9 Å². The maximum absolute atomic E-state index is 7.06. The molecule has 0 unspecified atom stereocenters. The molecule has 57 heavy (non-hydrogen) atoms. The largest absolute Gasteiger partial charge is 0.454 e. The summed E-state index contributed by atoms with van der Waals surface area (Å²) in [6.07, 6.45) is 0. The fourth-order valence-corrected chi connectivity index (χ4v) is 10.2. The highest BCUT2D eigenvalue weighted by molar-refractivity contribution is 7.25. The van der Waals surface area contributed by atoms with Crippen LogP contribution in [0.25, 0.3) is 125 Å². The number of rotatable bonds is 3. The van der Waals surface area contributed by atoms with E-state index in [0.29, 0.717) is 0 Å². The summed E-state index contributed by atoms with van der Waals surface area (Å²) in [4.78, 5) is 11.6. The first-order valence-electron chi connectivity index (χ1n) is 19.2. The van der Waals surface area contributed by atoms with Crippen molar-refractivity contribution in [2.45, 2.75) is 0 Å². The fraction of sp³-hybridized carbons (Fsp3) is 0. The van der Waals surface area contributed by atoms with Crippen LogP contribution in [0.2, 0.25) is 0 Å². The van der Waals surface area contributed by atoms with Gasteiger partial charge >= 0.3 is 0 Å². The van der Waals surface area contributed by atoms with E-state index in [0.717, 1.165) is 76.9 Å². The predicted octanol–water partition coefficient (Wildman–Crippen LogP) is 14.6. The van der Waals surface area contributed by atoms with E-state index in [9.17, 15) is 0 Å². The minimum atomic E-state index is 0.873. The Hall–Kier alpha value is -7.34. The van der Waals surface area contributed by atoms with Gasteiger partial charge in [0.05, 0.1) is 22.4 Å². The Labute approximate surface area is 329 Å². The number of furan rings is 1. The first kappa shape index (κ1) is 30.9. The van der Waals surface area contributed by atoms with Crippen molar-refractivity contribution in [2.75, 3.05) is 0 Å². The van der Waals surface area contributed by atoms with Gasteiger partial charge in [-0.05, 0) is 74.8 Å². The summed E-state index contributed by atoms with van der Waals surface area (Å²) < 4.78 is 10.7. The second-order valence-corrected chi connectivity index (χ2v) is 15.9. The van der Waals surface area contributed by atoms with Crippen molar-refractivity contribution in [1.82, 2.24) is 14.5 Å². The zero-order chi connectivity index (χ0) is 37.2. The van der Waals surface area contributed by atoms with Gasteiger partial charge in [-0.2, -0.15) is 0 Å². The minimum Gasteiger partial charge on any atom is -0.454 e. The number of hydrogen-bond donors (Lipinski definition) is 0. The van der Waals surface area contributed by atoms with Crippen molar-refractivity contribution in [1.29, 1.82) is 0 Å². The summed E-state index contributed by atoms with van der Waals surface area (Å²) in [7, 11) is 0. The predicted molar refractivity (Wildman–Crippen MR) is 240 cm³/mol. The molecule has 4 heterocycles. The van der Waals surface area contributed by atoms with E-state index >= 15 is 0 Å². The molecule has 0 aliphatic rings. The van der Waals surface area contributed by atoms with Crippen LogP contribution in [-0.2, 0) is 0 Å². The molecule has 0 saturated carbocycles. The summed E-state index contributed by atoms with van der Waals surface area (Å²) in [6, 6.07) is 62.9. The van der Waals surface area contributed by atoms with Crippen LogP contribution in [0.3, 0.4) is 0 Å². The Morgan fingerprint density at radius 2 is 1.04 bits per heavy atom. The number of thiophene rings is 1. The summed E-state index contributed by atoms with van der Waals surface area (Å²) in [5, 5.41) is 13.0. The van der Waals surface area contributed by atoms with Crippen molar-refractivity contribution >= 4 is 108 Å². The van der Waals surface area contributed by atoms with Crippen LogP contribution >= 0.6 is 11.3 Å². The molecule has 0 fully saturated rings. The van der Waals surface area contributed by atoms with Crippen LogP contribution in [0, 0.1) is 0 Å². The summed E-state index contributed by atoms with van der Waals surface area (Å²) in [5.41, 5.74) is 9.80. The molecule has 0 amide bonds. The van der Waals surface area contributed by atoms with E-state index in [1.54, 1.807) is 11.3 Å². The average molecular weight is 744 g/mol. The molecule has 4 nitrogen and oxygen atoms in total. The van der Waals surface area contributed by atoms with Crippen molar-refractivity contribution in [3.05, 3.63) is 176 Å². The number of nitrogens with zero attached hydrogens (tertiary/aromatic N) is 3. The molecule has 0 atom stereocenters. The number of hydrogen-bond acceptors (Lipinski definition) is 4. The number of fused-ring (bicyclic) bond motifs is 15. The average Bonchev–Trinajstić information content (AvgIpc) is 3.94. The molecule has 0 spiro atoms. The zero-order valence-corrected chi connectivity index (χ0v) is 31.2. The van der Waals surface area contributed by atoms with Gasteiger partial charge in [-0.1, -0.05) is 133 Å². The molecule has 0 aliphatic heterocycles. The summed E-state index contributed by atoms with van der Waals surface area (Å²) >= 11 is 1.70. The van der Waals surface area contributed by atoms with Crippen LogP contribution in [-0.4, -0.2) is 14.5 Å². The highest BCUT2D eigenvalue weighted by atomic mass is 32.1. The van der Waals surface area contributed by atoms with Crippen molar-refractivity contribution < 1.29 is 4.42 Å². The van der Waals surface area contributed by atoms with Gasteiger partial charge in [-0.15, -0.1) is 11.3 Å². The Morgan fingerprint density at radius 1 is 0.456 bits per heavy atom. The molecular formula is C52H29N3OS. The molecule has 4 aromatic heterocycles. The van der Waals surface area contributed by atoms with E-state index in [1.807, 2.05) is 6.07 Å². The molecule has 0 aliphatic carbocycles. The lowest BCUT2D eigenvalue weighted by molar-refractivity contribution is 0.672. The molecule has 0 radical (unpaired) electrons. The van der Waals surface area contributed by atoms with Gasteiger partial charge in [-0.25, -0.2) is 9.97 Å². The third-order valence-corrected chi connectivity index (χ3v) is 12.8. The molecular weight excluding hydrogens is 715 g/mol. The lowest BCUT2D eigenvalue weighted by Gasteiger charge is -2.12. The van der Waals surface area contributed by atoms with Gasteiger partial charge in [0.2, 0.25) is 0 Å². The van der Waals surface area contributed by atoms with E-state index in [-0.39, 0.29) is 0 Å². The van der Waals surface area contributed by atoms with Gasteiger partial charge < -0.3 is 8.98 Å². The fourth-order valence-electron chi connectivity index (χ4n) is 9.15. The molecule has 0 N–H and O–H groups in total. The third kappa shape index (κ3) is 4.43. The van der Waals surface area contributed by atoms with E-state index in [2.05, 4.69) is 174 Å². The summed E-state index contributed by atoms with van der Waals surface area (Å²) in [5.74, 6) is 0. The molecule has 0 saturated heterocycles. The molecule has 13 aromatic rings. The van der Waals surface area contributed by atoms with E-state index < -0.39 is 0 Å². The lowest BCUT2D eigenvalue weighted by Crippen LogP contribution is -1.97. The van der Waals surface area contributed by atoms with Crippen LogP contribution in [0.1, 0.15) is 0 Å². The van der Waals surface area contributed by atoms with Gasteiger partial charge in [0, 0.05) is 48.4 Å². The van der Waals surface area contributed by atoms with Crippen LogP contribution in [0.5, 0.6) is 0 Å². The second kappa shape index (κ2) is 11.6. The van der Waals surface area contributed by atoms with Crippen LogP contribution in [0.15, 0.2) is 180 Å². The van der Waals surface area contributed by atoms with Crippen LogP contribution < -0.4 is 0 Å². The van der Waals surface area contributed by atoms with E-state index in [4.69, 9.17) is 14.4 Å². The van der Waals surface area contributed by atoms with Crippen molar-refractivity contribution in [2.24, 2.45) is 0 Å². The van der Waals surface area contributed by atoms with Gasteiger partial charge in [0.1, 0.15) is 15.9 Å². The quantitative estimate of drug-likeness (QED) is 0.181. The monoisotopic (exact) mass is 743 g/mol. The molecule has 0 bridgehead atoms. The molecule has 9 aromatic carbocycles. The molecule has 264 valence electrons. The zero-order valence-electron chi connectivity index (χ0n) is 30.4. The second-order valence-electron chi connectivity index (χ2n) is 14.9. The van der Waals surface area contributed by atoms with Crippen molar-refractivity contribution in [3.63, 3.8) is 0 Å². The van der Waals surface area contributed by atoms with E-state index in [1.165, 1.54) is 47.8 Å². The Bertz CT molecular complexity index is 3800. The standard InChI is InChI=1S/C52H29N3OS/c1-2-12-30(13-3-1)47-48(54-52-49(53-47)39-20-10-11-21-44(39)57-52)31-22-24-36(25-23-31)55-42-28-34-16-6-4-14-32(34)26-40(42)45-37-18-8-9-19-38(37)46-41-27-33-15-5-7-17-35(33)29-43(41)56-51(46)50(45)55/h1-29H. The highest BCUT2D eigenvalue weighted by Crippen LogP contribution is 2.47. The maximum atomic E-state index is 7.06. The van der Waals surface area contributed by atoms with Gasteiger partial charge in [-0.3, -0.25) is 0 Å². The molecule has 13 rings (SSSR count). The number of aromatic nitrogens is 3. The lowest BCUT2D eigenvalue weighted by atomic mass is 9.97. The first-order chi connectivity index (χ1) is 28.2. The minimum absolute atomic E-state index is 0.873. The normalized spacial score (nSPS) is 12.2. The smallest absolute Gasteiger partial charge is 0.160 e. The SMILES string of the molecule is c1ccc(-c2nc3c(nc2-c2ccc(-n4c5cc6ccccc6cc5c5c6ccccc6c6c7cc8ccccc8cc7oc6c54)cc2)sc2ccccc23)cc1. The van der Waals surface area contributed by atoms with Crippen LogP contribution in [0.4, 0.5) is 0 Å². The van der Waals surface area contributed by atoms with Gasteiger partial charge in [0.15, 0.2) is 5.58 Å². The molecule has 5 heteroatoms. The highest BCUT2D eigenvalue weighted by Gasteiger charge is 2.24. The third-order valence-electron chi connectivity index (χ3n) is 11.7. The Balaban J connectivity index is 1.12. The Morgan fingerprint density at radius 3 is 1.79 bits per heavy atom. The van der Waals surface area contributed by atoms with Crippen molar-refractivity contribution in [3.8, 4) is 28.2 Å². The maximum Gasteiger partial charge on any atom is 0.160 e. The van der Waals surface area contributed by atoms with Gasteiger partial charge in [0.25, 0.3) is 0 Å². The Kier molecular flexibility index (Phi) is 6.29. The number of benzene rings is 9. The summed E-state index contributed by atoms with van der Waals surface area (Å²) in [6.45, 7) is 0. The first-order valence-corrected chi connectivity index (χ1v) is 20.0.